The van der Waals surface area contributed by atoms with Crippen molar-refractivity contribution in [1.82, 2.24) is 0 Å². The Morgan fingerprint density at radius 2 is 2.12 bits per heavy atom. The van der Waals surface area contributed by atoms with Crippen molar-refractivity contribution in [2.75, 3.05) is 0 Å². The van der Waals surface area contributed by atoms with Crippen molar-refractivity contribution in [2.45, 2.75) is 69.8 Å². The van der Waals surface area contributed by atoms with Crippen molar-refractivity contribution in [2.24, 2.45) is 11.8 Å². The molecule has 2 heteroatoms. The molecule has 0 aromatic carbocycles. The Morgan fingerprint density at radius 1 is 1.38 bits per heavy atom. The molecular weight excluding hydrogens is 214 g/mol. The van der Waals surface area contributed by atoms with Crippen LogP contribution in [0.5, 0.6) is 0 Å². The first-order valence-corrected chi connectivity index (χ1v) is 7.70. The third-order valence-electron chi connectivity index (χ3n) is 3.75. The van der Waals surface area contributed by atoms with E-state index in [2.05, 4.69) is 38.6 Å². The standard InChI is InChI=1S/C14H25NS/c1-4-6-12-7-8-13(10-15)14(9-12)16-11(3)5-2/h11-14H,4-9H2,1-3H3. The molecule has 0 aromatic heterocycles. The average molecular weight is 239 g/mol. The smallest absolute Gasteiger partial charge is 0.0667 e. The topological polar surface area (TPSA) is 23.8 Å². The maximum atomic E-state index is 9.20. The van der Waals surface area contributed by atoms with Gasteiger partial charge in [-0.3, -0.25) is 0 Å². The lowest BCUT2D eigenvalue weighted by Crippen LogP contribution is -2.27. The second-order valence-corrected chi connectivity index (χ2v) is 6.78. The van der Waals surface area contributed by atoms with Crippen LogP contribution in [-0.2, 0) is 0 Å². The molecule has 1 aliphatic rings. The molecule has 1 fully saturated rings. The normalized spacial score (nSPS) is 32.0. The lowest BCUT2D eigenvalue weighted by atomic mass is 9.80. The Balaban J connectivity index is 2.50. The van der Waals surface area contributed by atoms with Crippen LogP contribution in [0.4, 0.5) is 0 Å². The van der Waals surface area contributed by atoms with Crippen LogP contribution in [0.1, 0.15) is 59.3 Å². The molecule has 1 nitrogen and oxygen atoms in total. The van der Waals surface area contributed by atoms with Gasteiger partial charge in [0.2, 0.25) is 0 Å². The molecule has 4 unspecified atom stereocenters. The maximum absolute atomic E-state index is 9.20. The molecule has 0 aliphatic heterocycles. The number of nitriles is 1. The van der Waals surface area contributed by atoms with Gasteiger partial charge in [0.25, 0.3) is 0 Å². The summed E-state index contributed by atoms with van der Waals surface area (Å²) in [5, 5.41) is 10.5. The number of hydrogen-bond acceptors (Lipinski definition) is 2. The van der Waals surface area contributed by atoms with Gasteiger partial charge in [0, 0.05) is 10.5 Å². The Hall–Kier alpha value is -0.160. The summed E-state index contributed by atoms with van der Waals surface area (Å²) >= 11 is 2.06. The molecule has 4 atom stereocenters. The summed E-state index contributed by atoms with van der Waals surface area (Å²) in [5.41, 5.74) is 0. The molecule has 1 aliphatic carbocycles. The number of nitrogens with zero attached hydrogens (tertiary/aromatic N) is 1. The fourth-order valence-corrected chi connectivity index (χ4v) is 4.13. The van der Waals surface area contributed by atoms with Crippen LogP contribution in [0.15, 0.2) is 0 Å². The molecule has 16 heavy (non-hydrogen) atoms. The summed E-state index contributed by atoms with van der Waals surface area (Å²) in [6.45, 7) is 6.81. The molecule has 1 saturated carbocycles. The number of hydrogen-bond donors (Lipinski definition) is 0. The predicted octanol–water partition coefficient (Wildman–Crippen LogP) is 4.63. The van der Waals surface area contributed by atoms with Gasteiger partial charge in [-0.15, -0.1) is 0 Å². The van der Waals surface area contributed by atoms with E-state index in [0.29, 0.717) is 16.4 Å². The van der Waals surface area contributed by atoms with Crippen molar-refractivity contribution in [3.05, 3.63) is 0 Å². The molecule has 0 N–H and O–H groups in total. The molecule has 0 amide bonds. The minimum atomic E-state index is 0.312. The zero-order chi connectivity index (χ0) is 12.0. The molecule has 0 spiro atoms. The molecule has 1 rings (SSSR count). The average Bonchev–Trinajstić information content (AvgIpc) is 2.30. The monoisotopic (exact) mass is 239 g/mol. The van der Waals surface area contributed by atoms with Gasteiger partial charge in [0.1, 0.15) is 0 Å². The highest BCUT2D eigenvalue weighted by Crippen LogP contribution is 2.40. The fraction of sp³-hybridized carbons (Fsp3) is 0.929. The summed E-state index contributed by atoms with van der Waals surface area (Å²) in [6.07, 6.45) is 7.57. The van der Waals surface area contributed by atoms with Gasteiger partial charge in [-0.2, -0.15) is 17.0 Å². The van der Waals surface area contributed by atoms with Crippen molar-refractivity contribution < 1.29 is 0 Å². The summed E-state index contributed by atoms with van der Waals surface area (Å²) in [6, 6.07) is 2.53. The van der Waals surface area contributed by atoms with Gasteiger partial charge in [-0.1, -0.05) is 33.6 Å². The highest BCUT2D eigenvalue weighted by atomic mass is 32.2. The molecular formula is C14H25NS. The van der Waals surface area contributed by atoms with Gasteiger partial charge in [0.15, 0.2) is 0 Å². The Labute approximate surface area is 105 Å². The van der Waals surface area contributed by atoms with Crippen molar-refractivity contribution in [3.8, 4) is 6.07 Å². The Bertz CT molecular complexity index is 233. The Kier molecular flexibility index (Phi) is 6.28. The zero-order valence-electron chi connectivity index (χ0n) is 10.9. The van der Waals surface area contributed by atoms with Gasteiger partial charge >= 0.3 is 0 Å². The van der Waals surface area contributed by atoms with Crippen molar-refractivity contribution >= 4 is 11.8 Å². The first-order chi connectivity index (χ1) is 7.71. The van der Waals surface area contributed by atoms with E-state index in [-0.39, 0.29) is 0 Å². The van der Waals surface area contributed by atoms with Crippen molar-refractivity contribution in [3.63, 3.8) is 0 Å². The second kappa shape index (κ2) is 7.22. The third kappa shape index (κ3) is 4.01. The van der Waals surface area contributed by atoms with E-state index in [1.807, 2.05) is 0 Å². The highest BCUT2D eigenvalue weighted by molar-refractivity contribution is 8.00. The molecule has 0 radical (unpaired) electrons. The summed E-state index contributed by atoms with van der Waals surface area (Å²) in [4.78, 5) is 0. The van der Waals surface area contributed by atoms with Crippen LogP contribution in [0, 0.1) is 23.2 Å². The van der Waals surface area contributed by atoms with Gasteiger partial charge in [-0.25, -0.2) is 0 Å². The minimum Gasteiger partial charge on any atom is -0.198 e. The SMILES string of the molecule is CCCC1CCC(C#N)C(SC(C)CC)C1. The molecule has 0 aromatic rings. The van der Waals surface area contributed by atoms with Crippen molar-refractivity contribution in [1.29, 1.82) is 5.26 Å². The summed E-state index contributed by atoms with van der Waals surface area (Å²) in [7, 11) is 0. The van der Waals surface area contributed by atoms with Gasteiger partial charge in [0.05, 0.1) is 12.0 Å². The lowest BCUT2D eigenvalue weighted by molar-refractivity contribution is 0.306. The largest absolute Gasteiger partial charge is 0.198 e. The van der Waals surface area contributed by atoms with Gasteiger partial charge < -0.3 is 0 Å². The second-order valence-electron chi connectivity index (χ2n) is 5.10. The van der Waals surface area contributed by atoms with Crippen LogP contribution in [0.3, 0.4) is 0 Å². The van der Waals surface area contributed by atoms with E-state index in [1.165, 1.54) is 32.1 Å². The van der Waals surface area contributed by atoms with E-state index in [4.69, 9.17) is 0 Å². The highest BCUT2D eigenvalue weighted by Gasteiger charge is 2.31. The van der Waals surface area contributed by atoms with E-state index in [1.54, 1.807) is 0 Å². The number of thioether (sulfide) groups is 1. The van der Waals surface area contributed by atoms with Crippen LogP contribution in [-0.4, -0.2) is 10.5 Å². The first-order valence-electron chi connectivity index (χ1n) is 6.76. The van der Waals surface area contributed by atoms with Crippen LogP contribution in [0.25, 0.3) is 0 Å². The van der Waals surface area contributed by atoms with E-state index >= 15 is 0 Å². The first kappa shape index (κ1) is 13.9. The maximum Gasteiger partial charge on any atom is 0.0667 e. The predicted molar refractivity (Wildman–Crippen MR) is 72.5 cm³/mol. The number of rotatable bonds is 5. The third-order valence-corrected chi connectivity index (χ3v) is 5.41. The van der Waals surface area contributed by atoms with Gasteiger partial charge in [-0.05, 0) is 31.6 Å². The molecule has 0 heterocycles. The van der Waals surface area contributed by atoms with Crippen LogP contribution in [0.2, 0.25) is 0 Å². The zero-order valence-corrected chi connectivity index (χ0v) is 11.7. The summed E-state index contributed by atoms with van der Waals surface area (Å²) in [5.74, 6) is 1.20. The molecule has 0 saturated heterocycles. The van der Waals surface area contributed by atoms with E-state index < -0.39 is 0 Å². The molecule has 0 bridgehead atoms. The van der Waals surface area contributed by atoms with E-state index in [9.17, 15) is 5.26 Å². The van der Waals surface area contributed by atoms with E-state index in [0.717, 1.165) is 12.3 Å². The summed E-state index contributed by atoms with van der Waals surface area (Å²) < 4.78 is 0. The van der Waals surface area contributed by atoms with Crippen LogP contribution >= 0.6 is 11.8 Å². The quantitative estimate of drug-likeness (QED) is 0.698. The Morgan fingerprint density at radius 3 is 2.69 bits per heavy atom. The molecule has 92 valence electrons. The minimum absolute atomic E-state index is 0.312. The lowest BCUT2D eigenvalue weighted by Gasteiger charge is -2.33. The fourth-order valence-electron chi connectivity index (χ4n) is 2.57. The van der Waals surface area contributed by atoms with Crippen LogP contribution < -0.4 is 0 Å².